The van der Waals surface area contributed by atoms with Gasteiger partial charge in [-0.1, -0.05) is 0 Å². The van der Waals surface area contributed by atoms with Gasteiger partial charge in [0.15, 0.2) is 0 Å². The average molecular weight is 448 g/mol. The maximum Gasteiger partial charge on any atom is 0.418 e. The number of fused-ring (bicyclic) bond motifs is 1. The largest absolute Gasteiger partial charge is 0.418 e. The first kappa shape index (κ1) is 21.6. The lowest BCUT2D eigenvalue weighted by molar-refractivity contribution is -0.136. The van der Waals surface area contributed by atoms with Gasteiger partial charge in [0, 0.05) is 17.0 Å². The Kier molecular flexibility index (Phi) is 4.84. The number of alkyl halides is 3. The van der Waals surface area contributed by atoms with E-state index in [1.54, 1.807) is 19.1 Å². The molecule has 2 aromatic rings. The number of ether oxygens (including phenoxy) is 1. The SMILES string of the molecule is Cc1cc(C(=O)NC2CCC23COCC(C)(C)N3)nc2c(C(F)(F)F)cc(C3CC3)cc12. The number of pyridine rings is 1. The van der Waals surface area contributed by atoms with Crippen molar-refractivity contribution in [3.05, 3.63) is 40.6 Å². The molecule has 0 bridgehead atoms. The number of nitrogens with zero attached hydrogens (tertiary/aromatic N) is 1. The molecule has 5 nitrogen and oxygen atoms in total. The van der Waals surface area contributed by atoms with Gasteiger partial charge in [0.2, 0.25) is 0 Å². The molecule has 1 aliphatic heterocycles. The molecule has 2 unspecified atom stereocenters. The van der Waals surface area contributed by atoms with E-state index in [9.17, 15) is 18.0 Å². The smallest absolute Gasteiger partial charge is 0.378 e. The number of hydrogen-bond donors (Lipinski definition) is 2. The first-order valence-corrected chi connectivity index (χ1v) is 11.2. The summed E-state index contributed by atoms with van der Waals surface area (Å²) in [5.74, 6) is -0.268. The van der Waals surface area contributed by atoms with E-state index in [1.807, 2.05) is 13.8 Å². The normalized spacial score (nSPS) is 27.4. The first-order valence-electron chi connectivity index (χ1n) is 11.2. The summed E-state index contributed by atoms with van der Waals surface area (Å²) in [6.45, 7) is 6.92. The van der Waals surface area contributed by atoms with Gasteiger partial charge in [0.25, 0.3) is 5.91 Å². The lowest BCUT2D eigenvalue weighted by Crippen LogP contribution is -2.76. The number of aryl methyl sites for hydroxylation is 1. The van der Waals surface area contributed by atoms with Gasteiger partial charge in [-0.15, -0.1) is 0 Å². The average Bonchev–Trinajstić information content (AvgIpc) is 3.54. The second kappa shape index (κ2) is 7.15. The standard InChI is InChI=1S/C24H28F3N3O2/c1-13-8-18(21(31)29-19-6-7-23(19)12-32-11-22(2,3)30-23)28-20-16(13)9-15(14-4-5-14)10-17(20)24(25,26)27/h8-10,14,19,30H,4-7,11-12H2,1-3H3,(H,29,31). The molecule has 1 amide bonds. The Balaban J connectivity index is 1.47. The van der Waals surface area contributed by atoms with Crippen LogP contribution in [0.5, 0.6) is 0 Å². The number of aromatic nitrogens is 1. The summed E-state index contributed by atoms with van der Waals surface area (Å²) >= 11 is 0. The van der Waals surface area contributed by atoms with E-state index >= 15 is 0 Å². The Labute approximate surface area is 185 Å². The van der Waals surface area contributed by atoms with E-state index < -0.39 is 17.6 Å². The molecule has 3 aliphatic rings. The van der Waals surface area contributed by atoms with Gasteiger partial charge < -0.3 is 15.4 Å². The molecule has 2 aliphatic carbocycles. The van der Waals surface area contributed by atoms with Crippen molar-refractivity contribution in [2.75, 3.05) is 13.2 Å². The third kappa shape index (κ3) is 3.77. The van der Waals surface area contributed by atoms with Crippen LogP contribution >= 0.6 is 0 Å². The minimum Gasteiger partial charge on any atom is -0.378 e. The van der Waals surface area contributed by atoms with Crippen LogP contribution in [0.4, 0.5) is 13.2 Å². The third-order valence-electron chi connectivity index (χ3n) is 6.99. The van der Waals surface area contributed by atoms with Crippen molar-refractivity contribution < 1.29 is 22.7 Å². The van der Waals surface area contributed by atoms with E-state index in [4.69, 9.17) is 4.74 Å². The Bertz CT molecular complexity index is 1090. The van der Waals surface area contributed by atoms with Crippen LogP contribution in [-0.4, -0.2) is 41.2 Å². The number of carbonyl (C=O) groups is 1. The van der Waals surface area contributed by atoms with Crippen LogP contribution in [0.25, 0.3) is 10.9 Å². The van der Waals surface area contributed by atoms with E-state index in [-0.39, 0.29) is 34.2 Å². The van der Waals surface area contributed by atoms with Crippen molar-refractivity contribution in [3.63, 3.8) is 0 Å². The van der Waals surface area contributed by atoms with Crippen molar-refractivity contribution in [1.82, 2.24) is 15.6 Å². The summed E-state index contributed by atoms with van der Waals surface area (Å²) in [7, 11) is 0. The molecular weight excluding hydrogens is 419 g/mol. The number of amides is 1. The summed E-state index contributed by atoms with van der Waals surface area (Å²) in [6.07, 6.45) is -1.07. The van der Waals surface area contributed by atoms with Gasteiger partial charge in [-0.2, -0.15) is 13.2 Å². The molecule has 2 N–H and O–H groups in total. The highest BCUT2D eigenvalue weighted by Crippen LogP contribution is 2.44. The van der Waals surface area contributed by atoms with Crippen LogP contribution in [0.15, 0.2) is 18.2 Å². The monoisotopic (exact) mass is 447 g/mol. The highest BCUT2D eigenvalue weighted by molar-refractivity contribution is 5.97. The molecule has 32 heavy (non-hydrogen) atoms. The summed E-state index contributed by atoms with van der Waals surface area (Å²) in [4.78, 5) is 17.3. The molecule has 1 aromatic heterocycles. The first-order chi connectivity index (χ1) is 15.0. The van der Waals surface area contributed by atoms with Crippen LogP contribution in [0.3, 0.4) is 0 Å². The van der Waals surface area contributed by atoms with Crippen LogP contribution in [0, 0.1) is 6.92 Å². The third-order valence-corrected chi connectivity index (χ3v) is 6.99. The zero-order valence-corrected chi connectivity index (χ0v) is 18.5. The minimum atomic E-state index is -4.54. The molecular formula is C24H28F3N3O2. The Hall–Kier alpha value is -2.19. The lowest BCUT2D eigenvalue weighted by atomic mass is 9.70. The Morgan fingerprint density at radius 1 is 1.19 bits per heavy atom. The Morgan fingerprint density at radius 3 is 2.53 bits per heavy atom. The second-order valence-electron chi connectivity index (χ2n) is 10.3. The predicted octanol–water partition coefficient (Wildman–Crippen LogP) is 4.47. The molecule has 5 rings (SSSR count). The van der Waals surface area contributed by atoms with Crippen molar-refractivity contribution >= 4 is 16.8 Å². The van der Waals surface area contributed by atoms with Crippen molar-refractivity contribution in [1.29, 1.82) is 0 Å². The van der Waals surface area contributed by atoms with Gasteiger partial charge in [-0.3, -0.25) is 4.79 Å². The van der Waals surface area contributed by atoms with E-state index in [2.05, 4.69) is 15.6 Å². The molecule has 2 saturated carbocycles. The fraction of sp³-hybridized carbons (Fsp3) is 0.583. The molecule has 2 heterocycles. The van der Waals surface area contributed by atoms with Crippen LogP contribution in [-0.2, 0) is 10.9 Å². The molecule has 1 aromatic carbocycles. The van der Waals surface area contributed by atoms with E-state index in [0.29, 0.717) is 29.7 Å². The number of morpholine rings is 1. The van der Waals surface area contributed by atoms with Gasteiger partial charge in [-0.05, 0) is 81.7 Å². The quantitative estimate of drug-likeness (QED) is 0.729. The molecule has 172 valence electrons. The van der Waals surface area contributed by atoms with Gasteiger partial charge in [-0.25, -0.2) is 4.98 Å². The van der Waals surface area contributed by atoms with Crippen LogP contribution in [0.2, 0.25) is 0 Å². The van der Waals surface area contributed by atoms with E-state index in [1.165, 1.54) is 6.07 Å². The summed E-state index contributed by atoms with van der Waals surface area (Å²) in [5, 5.41) is 7.05. The predicted molar refractivity (Wildman–Crippen MR) is 115 cm³/mol. The molecule has 0 radical (unpaired) electrons. The molecule has 3 fully saturated rings. The van der Waals surface area contributed by atoms with E-state index in [0.717, 1.165) is 25.7 Å². The maximum atomic E-state index is 13.9. The van der Waals surface area contributed by atoms with Gasteiger partial charge in [0.05, 0.1) is 29.8 Å². The number of nitrogens with one attached hydrogen (secondary N) is 2. The topological polar surface area (TPSA) is 63.2 Å². The van der Waals surface area contributed by atoms with Crippen molar-refractivity contribution in [2.24, 2.45) is 0 Å². The van der Waals surface area contributed by atoms with Crippen molar-refractivity contribution in [3.8, 4) is 0 Å². The molecule has 2 atom stereocenters. The number of carbonyl (C=O) groups excluding carboxylic acids is 1. The fourth-order valence-corrected chi connectivity index (χ4v) is 5.13. The molecule has 1 saturated heterocycles. The summed E-state index contributed by atoms with van der Waals surface area (Å²) in [5.41, 5.74) is -0.141. The number of halogens is 3. The van der Waals surface area contributed by atoms with Crippen LogP contribution < -0.4 is 10.6 Å². The fourth-order valence-electron chi connectivity index (χ4n) is 5.13. The van der Waals surface area contributed by atoms with Crippen molar-refractivity contribution in [2.45, 2.75) is 75.7 Å². The maximum absolute atomic E-state index is 13.9. The van der Waals surface area contributed by atoms with Gasteiger partial charge >= 0.3 is 6.18 Å². The number of benzene rings is 1. The highest BCUT2D eigenvalue weighted by Gasteiger charge is 2.52. The van der Waals surface area contributed by atoms with Gasteiger partial charge in [0.1, 0.15) is 5.69 Å². The minimum absolute atomic E-state index is 0.0118. The lowest BCUT2D eigenvalue weighted by Gasteiger charge is -2.56. The zero-order chi connectivity index (χ0) is 22.9. The molecule has 8 heteroatoms. The number of rotatable bonds is 3. The summed E-state index contributed by atoms with van der Waals surface area (Å²) in [6, 6.07) is 4.44. The number of hydrogen-bond acceptors (Lipinski definition) is 4. The van der Waals surface area contributed by atoms with Crippen LogP contribution in [0.1, 0.15) is 72.6 Å². The summed E-state index contributed by atoms with van der Waals surface area (Å²) < 4.78 is 47.4. The molecule has 1 spiro atoms. The second-order valence-corrected chi connectivity index (χ2v) is 10.3. The Morgan fingerprint density at radius 2 is 1.94 bits per heavy atom. The zero-order valence-electron chi connectivity index (χ0n) is 18.5. The highest BCUT2D eigenvalue weighted by atomic mass is 19.4.